The number of methoxy groups -OCH3 is 1. The number of benzene rings is 1. The van der Waals surface area contributed by atoms with Gasteiger partial charge in [0.05, 0.1) is 12.0 Å². The molecule has 2 unspecified atom stereocenters. The van der Waals surface area contributed by atoms with E-state index in [0.717, 1.165) is 31.9 Å². The fourth-order valence-electron chi connectivity index (χ4n) is 3.26. The smallest absolute Gasteiger partial charge is 0.243 e. The highest BCUT2D eigenvalue weighted by Crippen LogP contribution is 2.34. The van der Waals surface area contributed by atoms with Crippen molar-refractivity contribution in [2.45, 2.75) is 36.2 Å². The number of rotatable bonds is 3. The van der Waals surface area contributed by atoms with Gasteiger partial charge in [-0.2, -0.15) is 4.31 Å². The lowest BCUT2D eigenvalue weighted by molar-refractivity contribution is 0.334. The van der Waals surface area contributed by atoms with Crippen LogP contribution in [0.5, 0.6) is 5.75 Å². The van der Waals surface area contributed by atoms with Gasteiger partial charge in [0.2, 0.25) is 10.0 Å². The Kier molecular flexibility index (Phi) is 3.90. The maximum absolute atomic E-state index is 13.8. The molecule has 7 heteroatoms. The molecule has 2 heterocycles. The largest absolute Gasteiger partial charge is 0.494 e. The van der Waals surface area contributed by atoms with Gasteiger partial charge in [-0.3, -0.25) is 0 Å². The van der Waals surface area contributed by atoms with Gasteiger partial charge >= 0.3 is 0 Å². The van der Waals surface area contributed by atoms with Gasteiger partial charge < -0.3 is 10.1 Å². The lowest BCUT2D eigenvalue weighted by Crippen LogP contribution is -2.42. The molecule has 2 bridgehead atoms. The summed E-state index contributed by atoms with van der Waals surface area (Å²) in [5, 5.41) is 3.26. The van der Waals surface area contributed by atoms with Gasteiger partial charge in [-0.25, -0.2) is 12.8 Å². The highest BCUT2D eigenvalue weighted by atomic mass is 32.2. The first kappa shape index (κ1) is 14.7. The second kappa shape index (κ2) is 5.55. The van der Waals surface area contributed by atoms with Gasteiger partial charge in [0.25, 0.3) is 0 Å². The van der Waals surface area contributed by atoms with Crippen molar-refractivity contribution in [3.63, 3.8) is 0 Å². The Labute approximate surface area is 124 Å². The van der Waals surface area contributed by atoms with Crippen LogP contribution >= 0.6 is 0 Å². The summed E-state index contributed by atoms with van der Waals surface area (Å²) in [6.45, 7) is 1.48. The van der Waals surface area contributed by atoms with Crippen molar-refractivity contribution >= 4 is 10.0 Å². The summed E-state index contributed by atoms with van der Waals surface area (Å²) >= 11 is 0. The molecular formula is C14H19FN2O3S. The van der Waals surface area contributed by atoms with E-state index in [0.29, 0.717) is 6.54 Å². The highest BCUT2D eigenvalue weighted by molar-refractivity contribution is 7.89. The number of sulfonamides is 1. The first-order valence-electron chi connectivity index (χ1n) is 7.12. The van der Waals surface area contributed by atoms with Crippen molar-refractivity contribution in [2.24, 2.45) is 0 Å². The Hall–Kier alpha value is -1.18. The van der Waals surface area contributed by atoms with Crippen LogP contribution in [-0.2, 0) is 10.0 Å². The minimum atomic E-state index is -3.67. The number of nitrogens with zero attached hydrogens (tertiary/aromatic N) is 1. The molecule has 0 amide bonds. The zero-order chi connectivity index (χ0) is 15.0. The first-order valence-corrected chi connectivity index (χ1v) is 8.56. The maximum Gasteiger partial charge on any atom is 0.243 e. The van der Waals surface area contributed by atoms with Gasteiger partial charge in [0.15, 0.2) is 11.6 Å². The molecule has 2 atom stereocenters. The third kappa shape index (κ3) is 2.54. The molecule has 1 aromatic carbocycles. The van der Waals surface area contributed by atoms with E-state index in [1.54, 1.807) is 4.31 Å². The van der Waals surface area contributed by atoms with Gasteiger partial charge in [-0.05, 0) is 44.0 Å². The van der Waals surface area contributed by atoms with Crippen molar-refractivity contribution in [3.8, 4) is 5.75 Å². The molecule has 3 rings (SSSR count). The van der Waals surface area contributed by atoms with Crippen LogP contribution in [-0.4, -0.2) is 45.0 Å². The first-order chi connectivity index (χ1) is 10.0. The van der Waals surface area contributed by atoms with Crippen LogP contribution in [0.2, 0.25) is 0 Å². The molecule has 2 fully saturated rings. The number of nitrogens with one attached hydrogen (secondary N) is 1. The van der Waals surface area contributed by atoms with Crippen molar-refractivity contribution in [3.05, 3.63) is 24.0 Å². The molecule has 0 aliphatic carbocycles. The van der Waals surface area contributed by atoms with Gasteiger partial charge in [0, 0.05) is 18.6 Å². The number of ether oxygens (including phenoxy) is 1. The molecule has 1 N–H and O–H groups in total. The summed E-state index contributed by atoms with van der Waals surface area (Å²) in [5.74, 6) is -0.603. The number of hydrogen-bond acceptors (Lipinski definition) is 4. The second-order valence-corrected chi connectivity index (χ2v) is 7.35. The molecule has 0 saturated carbocycles. The third-order valence-electron chi connectivity index (χ3n) is 4.29. The molecular weight excluding hydrogens is 295 g/mol. The fraction of sp³-hybridized carbons (Fsp3) is 0.571. The Morgan fingerprint density at radius 3 is 2.76 bits per heavy atom. The summed E-state index contributed by atoms with van der Waals surface area (Å²) in [7, 11) is -2.32. The van der Waals surface area contributed by atoms with Gasteiger partial charge in [-0.1, -0.05) is 0 Å². The normalized spacial score (nSPS) is 26.6. The average molecular weight is 314 g/mol. The Morgan fingerprint density at radius 1 is 1.29 bits per heavy atom. The summed E-state index contributed by atoms with van der Waals surface area (Å²) in [6.07, 6.45) is 2.54. The van der Waals surface area contributed by atoms with Crippen molar-refractivity contribution in [1.29, 1.82) is 0 Å². The molecule has 2 aliphatic rings. The molecule has 2 aliphatic heterocycles. The zero-order valence-electron chi connectivity index (χ0n) is 11.9. The van der Waals surface area contributed by atoms with Crippen LogP contribution in [0.1, 0.15) is 19.3 Å². The minimum absolute atomic E-state index is 0.000370. The Morgan fingerprint density at radius 2 is 2.05 bits per heavy atom. The number of halogens is 1. The number of hydrogen-bond donors (Lipinski definition) is 1. The van der Waals surface area contributed by atoms with E-state index < -0.39 is 15.8 Å². The van der Waals surface area contributed by atoms with Crippen LogP contribution < -0.4 is 10.1 Å². The topological polar surface area (TPSA) is 58.6 Å². The lowest BCUT2D eigenvalue weighted by Gasteiger charge is -2.27. The van der Waals surface area contributed by atoms with E-state index in [4.69, 9.17) is 4.74 Å². The summed E-state index contributed by atoms with van der Waals surface area (Å²) in [6, 6.07) is 3.80. The molecule has 2 saturated heterocycles. The second-order valence-electron chi connectivity index (χ2n) is 5.51. The Bertz CT molecular complexity index is 621. The molecule has 0 radical (unpaired) electrons. The molecule has 0 aromatic heterocycles. The monoisotopic (exact) mass is 314 g/mol. The molecule has 5 nitrogen and oxygen atoms in total. The van der Waals surface area contributed by atoms with Crippen LogP contribution in [0, 0.1) is 5.82 Å². The SMILES string of the molecule is COc1ccc(S(=O)(=O)N2C3CCNCC2CC3)cc1F. The summed E-state index contributed by atoms with van der Waals surface area (Å²) in [4.78, 5) is -0.000370. The van der Waals surface area contributed by atoms with E-state index in [2.05, 4.69) is 5.32 Å². The molecule has 1 aromatic rings. The lowest BCUT2D eigenvalue weighted by atomic mass is 10.1. The van der Waals surface area contributed by atoms with E-state index in [9.17, 15) is 12.8 Å². The van der Waals surface area contributed by atoms with E-state index >= 15 is 0 Å². The maximum atomic E-state index is 13.8. The molecule has 0 spiro atoms. The standard InChI is InChI=1S/C14H19FN2O3S/c1-20-14-5-4-12(8-13(14)15)21(18,19)17-10-2-3-11(17)9-16-7-6-10/h4-5,8,10-11,16H,2-3,6-7,9H2,1H3. The van der Waals surface area contributed by atoms with Crippen molar-refractivity contribution in [2.75, 3.05) is 20.2 Å². The highest BCUT2D eigenvalue weighted by Gasteiger charge is 2.43. The predicted octanol–water partition coefficient (Wildman–Crippen LogP) is 1.35. The third-order valence-corrected chi connectivity index (χ3v) is 6.29. The van der Waals surface area contributed by atoms with Crippen molar-refractivity contribution in [1.82, 2.24) is 9.62 Å². The van der Waals surface area contributed by atoms with Crippen LogP contribution in [0.25, 0.3) is 0 Å². The van der Waals surface area contributed by atoms with Gasteiger partial charge in [-0.15, -0.1) is 0 Å². The molecule has 21 heavy (non-hydrogen) atoms. The van der Waals surface area contributed by atoms with Gasteiger partial charge in [0.1, 0.15) is 0 Å². The Balaban J connectivity index is 1.98. The number of fused-ring (bicyclic) bond motifs is 2. The summed E-state index contributed by atoms with van der Waals surface area (Å²) in [5.41, 5.74) is 0. The zero-order valence-corrected chi connectivity index (χ0v) is 12.7. The van der Waals surface area contributed by atoms with E-state index in [-0.39, 0.29) is 22.7 Å². The quantitative estimate of drug-likeness (QED) is 0.915. The van der Waals surface area contributed by atoms with Crippen LogP contribution in [0.3, 0.4) is 0 Å². The van der Waals surface area contributed by atoms with E-state index in [1.165, 1.54) is 19.2 Å². The minimum Gasteiger partial charge on any atom is -0.494 e. The van der Waals surface area contributed by atoms with E-state index in [1.807, 2.05) is 0 Å². The predicted molar refractivity (Wildman–Crippen MR) is 76.3 cm³/mol. The average Bonchev–Trinajstić information content (AvgIpc) is 2.72. The van der Waals surface area contributed by atoms with Crippen molar-refractivity contribution < 1.29 is 17.5 Å². The van der Waals surface area contributed by atoms with Crippen LogP contribution in [0.15, 0.2) is 23.1 Å². The fourth-order valence-corrected chi connectivity index (χ4v) is 5.17. The van der Waals surface area contributed by atoms with Crippen LogP contribution in [0.4, 0.5) is 4.39 Å². The summed E-state index contributed by atoms with van der Waals surface area (Å²) < 4.78 is 45.9. The molecule has 116 valence electrons.